The number of hydrogen-bond acceptors (Lipinski definition) is 2. The van der Waals surface area contributed by atoms with E-state index in [9.17, 15) is 5.11 Å². The molecule has 0 spiro atoms. The number of aliphatic hydroxyl groups excluding tert-OH is 1. The van der Waals surface area contributed by atoms with Gasteiger partial charge >= 0.3 is 0 Å². The first kappa shape index (κ1) is 15.2. The summed E-state index contributed by atoms with van der Waals surface area (Å²) in [5.41, 5.74) is 5.40. The molecule has 0 aliphatic carbocycles. The number of benzene rings is 1. The van der Waals surface area contributed by atoms with E-state index in [4.69, 9.17) is 0 Å². The molecule has 1 aromatic carbocycles. The quantitative estimate of drug-likeness (QED) is 0.867. The molecule has 0 aromatic heterocycles. The molecule has 0 aliphatic heterocycles. The zero-order chi connectivity index (χ0) is 13.9. The van der Waals surface area contributed by atoms with Crippen molar-refractivity contribution in [2.75, 3.05) is 13.7 Å². The number of aliphatic hydroxyl groups is 1. The predicted molar refractivity (Wildman–Crippen MR) is 77.8 cm³/mol. The van der Waals surface area contributed by atoms with Gasteiger partial charge in [-0.05, 0) is 50.4 Å². The highest BCUT2D eigenvalue weighted by Gasteiger charge is 2.18. The Bertz CT molecular complexity index is 375. The summed E-state index contributed by atoms with van der Waals surface area (Å²) in [6, 6.07) is 4.70. The summed E-state index contributed by atoms with van der Waals surface area (Å²) in [5, 5.41) is 9.49. The van der Waals surface area contributed by atoms with Gasteiger partial charge in [-0.1, -0.05) is 31.5 Å². The fraction of sp³-hybridized carbons (Fsp3) is 0.625. The maximum atomic E-state index is 9.49. The number of hydrogen-bond donors (Lipinski definition) is 1. The Kier molecular flexibility index (Phi) is 5.36. The van der Waals surface area contributed by atoms with Crippen LogP contribution in [0, 0.1) is 26.7 Å². The van der Waals surface area contributed by atoms with Crippen molar-refractivity contribution in [2.45, 2.75) is 47.2 Å². The van der Waals surface area contributed by atoms with Crippen LogP contribution >= 0.6 is 0 Å². The minimum Gasteiger partial charge on any atom is -0.395 e. The van der Waals surface area contributed by atoms with Gasteiger partial charge in [-0.15, -0.1) is 0 Å². The predicted octanol–water partition coefficient (Wildman–Crippen LogP) is 3.06. The van der Waals surface area contributed by atoms with Gasteiger partial charge in [0.05, 0.1) is 6.61 Å². The molecule has 1 aromatic rings. The number of nitrogens with zero attached hydrogens (tertiary/aromatic N) is 1. The van der Waals surface area contributed by atoms with Gasteiger partial charge in [-0.25, -0.2) is 0 Å². The third kappa shape index (κ3) is 3.56. The third-order valence-corrected chi connectivity index (χ3v) is 3.77. The van der Waals surface area contributed by atoms with Crippen molar-refractivity contribution in [3.63, 3.8) is 0 Å². The van der Waals surface area contributed by atoms with E-state index in [0.29, 0.717) is 5.92 Å². The molecule has 102 valence electrons. The molecule has 0 amide bonds. The van der Waals surface area contributed by atoms with Crippen molar-refractivity contribution < 1.29 is 5.11 Å². The van der Waals surface area contributed by atoms with E-state index in [1.807, 2.05) is 0 Å². The Morgan fingerprint density at radius 1 is 1.11 bits per heavy atom. The van der Waals surface area contributed by atoms with Crippen LogP contribution in [0.2, 0.25) is 0 Å². The van der Waals surface area contributed by atoms with Crippen LogP contribution in [-0.2, 0) is 6.54 Å². The standard InChI is InChI=1S/C16H27NO/c1-11(2)16(10-18)17(6)9-15-13(4)7-12(3)8-14(15)5/h7-8,11,16,18H,9-10H2,1-6H3. The molecule has 0 fully saturated rings. The van der Waals surface area contributed by atoms with Crippen molar-refractivity contribution in [1.82, 2.24) is 4.90 Å². The molecule has 1 atom stereocenters. The molecule has 18 heavy (non-hydrogen) atoms. The first-order valence-corrected chi connectivity index (χ1v) is 6.74. The molecule has 1 N–H and O–H groups in total. The van der Waals surface area contributed by atoms with Crippen LogP contribution in [-0.4, -0.2) is 29.7 Å². The first-order valence-electron chi connectivity index (χ1n) is 6.74. The summed E-state index contributed by atoms with van der Waals surface area (Å²) >= 11 is 0. The van der Waals surface area contributed by atoms with Crippen LogP contribution in [0.4, 0.5) is 0 Å². The van der Waals surface area contributed by atoms with Crippen LogP contribution in [0.1, 0.15) is 36.1 Å². The fourth-order valence-electron chi connectivity index (χ4n) is 2.69. The van der Waals surface area contributed by atoms with Crippen molar-refractivity contribution >= 4 is 0 Å². The maximum Gasteiger partial charge on any atom is 0.0589 e. The van der Waals surface area contributed by atoms with Crippen LogP contribution in [0.3, 0.4) is 0 Å². The Morgan fingerprint density at radius 3 is 2.00 bits per heavy atom. The van der Waals surface area contributed by atoms with Crippen molar-refractivity contribution in [2.24, 2.45) is 5.92 Å². The van der Waals surface area contributed by atoms with Crippen LogP contribution in [0.15, 0.2) is 12.1 Å². The Hall–Kier alpha value is -0.860. The molecule has 0 heterocycles. The second-order valence-electron chi connectivity index (χ2n) is 5.79. The molecular weight excluding hydrogens is 222 g/mol. The lowest BCUT2D eigenvalue weighted by Gasteiger charge is -2.30. The largest absolute Gasteiger partial charge is 0.395 e. The van der Waals surface area contributed by atoms with Gasteiger partial charge in [-0.3, -0.25) is 4.90 Å². The van der Waals surface area contributed by atoms with Gasteiger partial charge < -0.3 is 5.11 Å². The minimum atomic E-state index is 0.220. The van der Waals surface area contributed by atoms with E-state index in [2.05, 4.69) is 58.7 Å². The number of aryl methyl sites for hydroxylation is 3. The van der Waals surface area contributed by atoms with Gasteiger partial charge in [0, 0.05) is 12.6 Å². The monoisotopic (exact) mass is 249 g/mol. The van der Waals surface area contributed by atoms with Crippen LogP contribution in [0.25, 0.3) is 0 Å². The van der Waals surface area contributed by atoms with Gasteiger partial charge in [0.1, 0.15) is 0 Å². The van der Waals surface area contributed by atoms with Crippen molar-refractivity contribution in [3.05, 3.63) is 34.4 Å². The van der Waals surface area contributed by atoms with E-state index in [0.717, 1.165) is 6.54 Å². The smallest absolute Gasteiger partial charge is 0.0589 e. The highest BCUT2D eigenvalue weighted by atomic mass is 16.3. The summed E-state index contributed by atoms with van der Waals surface area (Å²) in [6.07, 6.45) is 0. The lowest BCUT2D eigenvalue weighted by molar-refractivity contribution is 0.107. The highest BCUT2D eigenvalue weighted by molar-refractivity contribution is 5.37. The van der Waals surface area contributed by atoms with E-state index < -0.39 is 0 Å². The first-order chi connectivity index (χ1) is 8.36. The molecule has 1 unspecified atom stereocenters. The van der Waals surface area contributed by atoms with Gasteiger partial charge in [0.15, 0.2) is 0 Å². The zero-order valence-electron chi connectivity index (χ0n) is 12.6. The Balaban J connectivity index is 2.91. The molecule has 0 radical (unpaired) electrons. The van der Waals surface area contributed by atoms with Crippen molar-refractivity contribution in [1.29, 1.82) is 0 Å². The second-order valence-corrected chi connectivity index (χ2v) is 5.79. The zero-order valence-corrected chi connectivity index (χ0v) is 12.6. The average molecular weight is 249 g/mol. The van der Waals surface area contributed by atoms with Gasteiger partial charge in [0.25, 0.3) is 0 Å². The van der Waals surface area contributed by atoms with E-state index in [1.54, 1.807) is 0 Å². The minimum absolute atomic E-state index is 0.220. The summed E-state index contributed by atoms with van der Waals surface area (Å²) in [6.45, 7) is 11.9. The lowest BCUT2D eigenvalue weighted by Crippen LogP contribution is -2.38. The maximum absolute atomic E-state index is 9.49. The summed E-state index contributed by atoms with van der Waals surface area (Å²) < 4.78 is 0. The highest BCUT2D eigenvalue weighted by Crippen LogP contribution is 2.20. The molecule has 0 bridgehead atoms. The van der Waals surface area contributed by atoms with E-state index in [-0.39, 0.29) is 12.6 Å². The molecule has 0 saturated carbocycles. The fourth-order valence-corrected chi connectivity index (χ4v) is 2.69. The summed E-state index contributed by atoms with van der Waals surface area (Å²) in [7, 11) is 2.10. The van der Waals surface area contributed by atoms with Crippen molar-refractivity contribution in [3.8, 4) is 0 Å². The molecular formula is C16H27NO. The number of rotatable bonds is 5. The Labute approximate surface area is 112 Å². The Morgan fingerprint density at radius 2 is 1.61 bits per heavy atom. The van der Waals surface area contributed by atoms with Gasteiger partial charge in [-0.2, -0.15) is 0 Å². The third-order valence-electron chi connectivity index (χ3n) is 3.77. The van der Waals surface area contributed by atoms with Crippen LogP contribution in [0.5, 0.6) is 0 Å². The van der Waals surface area contributed by atoms with Gasteiger partial charge in [0.2, 0.25) is 0 Å². The second kappa shape index (κ2) is 6.35. The van der Waals surface area contributed by atoms with Crippen LogP contribution < -0.4 is 0 Å². The molecule has 2 heteroatoms. The molecule has 2 nitrogen and oxygen atoms in total. The SMILES string of the molecule is Cc1cc(C)c(CN(C)C(CO)C(C)C)c(C)c1. The molecule has 0 saturated heterocycles. The molecule has 1 rings (SSSR count). The number of likely N-dealkylation sites (N-methyl/N-ethyl adjacent to an activating group) is 1. The molecule has 0 aliphatic rings. The van der Waals surface area contributed by atoms with E-state index in [1.165, 1.54) is 22.3 Å². The summed E-state index contributed by atoms with van der Waals surface area (Å²) in [5.74, 6) is 0.464. The van der Waals surface area contributed by atoms with E-state index >= 15 is 0 Å². The topological polar surface area (TPSA) is 23.5 Å². The summed E-state index contributed by atoms with van der Waals surface area (Å²) in [4.78, 5) is 2.26. The lowest BCUT2D eigenvalue weighted by atomic mass is 9.97. The average Bonchev–Trinajstić information content (AvgIpc) is 2.23. The normalized spacial score (nSPS) is 13.4.